The molecule has 2 rings (SSSR count). The van der Waals surface area contributed by atoms with E-state index in [0.29, 0.717) is 18.0 Å². The summed E-state index contributed by atoms with van der Waals surface area (Å²) in [4.78, 5) is 0. The highest BCUT2D eigenvalue weighted by molar-refractivity contribution is 6.30. The number of phenolic OH excluding ortho intramolecular Hbond substituents is 1. The molecule has 0 radical (unpaired) electrons. The topological polar surface area (TPSA) is 41.5 Å². The van der Waals surface area contributed by atoms with Crippen LogP contribution in [0.25, 0.3) is 0 Å². The molecule has 0 saturated heterocycles. The predicted molar refractivity (Wildman–Crippen MR) is 73.4 cm³/mol. The summed E-state index contributed by atoms with van der Waals surface area (Å²) in [5.74, 6) is 0.0228. The molecular formula is C14H13ClFNO2. The third-order valence-electron chi connectivity index (χ3n) is 2.66. The molecule has 0 aliphatic heterocycles. The van der Waals surface area contributed by atoms with Gasteiger partial charge in [0.1, 0.15) is 5.82 Å². The molecule has 0 atom stereocenters. The standard InChI is InChI=1S/C14H13ClFNO2/c1-19-14-5-2-9(6-13(14)18)8-17-10-3-4-11(15)12(16)7-10/h2-7,17-18H,8H2,1H3. The van der Waals surface area contributed by atoms with Crippen molar-refractivity contribution in [2.75, 3.05) is 12.4 Å². The fourth-order valence-corrected chi connectivity index (χ4v) is 1.77. The van der Waals surface area contributed by atoms with Crippen LogP contribution >= 0.6 is 11.6 Å². The van der Waals surface area contributed by atoms with E-state index in [1.54, 1.807) is 18.2 Å². The van der Waals surface area contributed by atoms with Crippen molar-refractivity contribution in [2.45, 2.75) is 6.54 Å². The summed E-state index contributed by atoms with van der Waals surface area (Å²) < 4.78 is 18.2. The predicted octanol–water partition coefficient (Wildman–Crippen LogP) is 3.81. The Morgan fingerprint density at radius 3 is 2.68 bits per heavy atom. The van der Waals surface area contributed by atoms with E-state index in [4.69, 9.17) is 16.3 Å². The summed E-state index contributed by atoms with van der Waals surface area (Å²) >= 11 is 5.60. The summed E-state index contributed by atoms with van der Waals surface area (Å²) in [5.41, 5.74) is 1.48. The Balaban J connectivity index is 2.05. The number of nitrogens with one attached hydrogen (secondary N) is 1. The van der Waals surface area contributed by atoms with Crippen molar-refractivity contribution in [2.24, 2.45) is 0 Å². The Morgan fingerprint density at radius 1 is 1.26 bits per heavy atom. The Morgan fingerprint density at radius 2 is 2.05 bits per heavy atom. The van der Waals surface area contributed by atoms with Gasteiger partial charge in [-0.25, -0.2) is 4.39 Å². The highest BCUT2D eigenvalue weighted by Crippen LogP contribution is 2.26. The average molecular weight is 282 g/mol. The minimum atomic E-state index is -0.468. The van der Waals surface area contributed by atoms with E-state index in [0.717, 1.165) is 5.56 Å². The molecule has 0 unspecified atom stereocenters. The van der Waals surface area contributed by atoms with Gasteiger partial charge in [-0.1, -0.05) is 17.7 Å². The summed E-state index contributed by atoms with van der Waals surface area (Å²) in [6.45, 7) is 0.457. The van der Waals surface area contributed by atoms with Crippen LogP contribution in [0.4, 0.5) is 10.1 Å². The number of aromatic hydroxyl groups is 1. The molecule has 5 heteroatoms. The molecule has 2 aromatic carbocycles. The normalized spacial score (nSPS) is 10.3. The Hall–Kier alpha value is -1.94. The van der Waals surface area contributed by atoms with Crippen molar-refractivity contribution in [3.05, 3.63) is 52.8 Å². The van der Waals surface area contributed by atoms with Crippen LogP contribution in [0.15, 0.2) is 36.4 Å². The lowest BCUT2D eigenvalue weighted by Crippen LogP contribution is -2.00. The van der Waals surface area contributed by atoms with Crippen molar-refractivity contribution in [1.82, 2.24) is 0 Å². The van der Waals surface area contributed by atoms with E-state index in [1.807, 2.05) is 6.07 Å². The minimum Gasteiger partial charge on any atom is -0.504 e. The number of halogens is 2. The second-order valence-corrected chi connectivity index (χ2v) is 4.40. The van der Waals surface area contributed by atoms with Gasteiger partial charge in [-0.2, -0.15) is 0 Å². The number of rotatable bonds is 4. The van der Waals surface area contributed by atoms with Crippen LogP contribution in [0, 0.1) is 5.82 Å². The lowest BCUT2D eigenvalue weighted by molar-refractivity contribution is 0.373. The van der Waals surface area contributed by atoms with Gasteiger partial charge >= 0.3 is 0 Å². The Labute approximate surface area is 115 Å². The molecule has 0 heterocycles. The summed E-state index contributed by atoms with van der Waals surface area (Å²) in [6, 6.07) is 9.59. The van der Waals surface area contributed by atoms with Crippen molar-refractivity contribution >= 4 is 17.3 Å². The largest absolute Gasteiger partial charge is 0.504 e. The molecule has 3 nitrogen and oxygen atoms in total. The van der Waals surface area contributed by atoms with Crippen molar-refractivity contribution < 1.29 is 14.2 Å². The fraction of sp³-hybridized carbons (Fsp3) is 0.143. The molecule has 0 aliphatic carbocycles. The molecule has 0 saturated carbocycles. The number of methoxy groups -OCH3 is 1. The molecule has 0 fully saturated rings. The zero-order chi connectivity index (χ0) is 13.8. The minimum absolute atomic E-state index is 0.0732. The third kappa shape index (κ3) is 3.29. The van der Waals surface area contributed by atoms with Gasteiger partial charge < -0.3 is 15.2 Å². The van der Waals surface area contributed by atoms with Crippen LogP contribution in [-0.4, -0.2) is 12.2 Å². The van der Waals surface area contributed by atoms with Crippen molar-refractivity contribution in [3.8, 4) is 11.5 Å². The van der Waals surface area contributed by atoms with Crippen LogP contribution in [0.1, 0.15) is 5.56 Å². The third-order valence-corrected chi connectivity index (χ3v) is 2.97. The smallest absolute Gasteiger partial charge is 0.160 e. The monoisotopic (exact) mass is 281 g/mol. The molecule has 0 bridgehead atoms. The first-order valence-corrected chi connectivity index (χ1v) is 6.03. The maximum Gasteiger partial charge on any atom is 0.160 e. The van der Waals surface area contributed by atoms with Gasteiger partial charge in [-0.05, 0) is 35.9 Å². The summed E-state index contributed by atoms with van der Waals surface area (Å²) in [5, 5.41) is 12.8. The average Bonchev–Trinajstić information content (AvgIpc) is 2.40. The van der Waals surface area contributed by atoms with E-state index in [2.05, 4.69) is 5.32 Å². The zero-order valence-electron chi connectivity index (χ0n) is 10.3. The summed E-state index contributed by atoms with van der Waals surface area (Å²) in [7, 11) is 1.49. The SMILES string of the molecule is COc1ccc(CNc2ccc(Cl)c(F)c2)cc1O. The van der Waals surface area contributed by atoms with Crippen LogP contribution in [0.3, 0.4) is 0 Å². The van der Waals surface area contributed by atoms with Gasteiger partial charge in [0.05, 0.1) is 12.1 Å². The Kier molecular flexibility index (Phi) is 4.12. The van der Waals surface area contributed by atoms with Gasteiger partial charge in [-0.15, -0.1) is 0 Å². The maximum atomic E-state index is 13.2. The van der Waals surface area contributed by atoms with Crippen LogP contribution in [0.2, 0.25) is 5.02 Å². The highest BCUT2D eigenvalue weighted by atomic mass is 35.5. The first kappa shape index (κ1) is 13.5. The number of hydrogen-bond donors (Lipinski definition) is 2. The van der Waals surface area contributed by atoms with Gasteiger partial charge in [0, 0.05) is 12.2 Å². The number of anilines is 1. The quantitative estimate of drug-likeness (QED) is 0.895. The van der Waals surface area contributed by atoms with E-state index >= 15 is 0 Å². The van der Waals surface area contributed by atoms with Crippen molar-refractivity contribution in [1.29, 1.82) is 0 Å². The molecule has 0 spiro atoms. The second kappa shape index (κ2) is 5.80. The molecule has 2 N–H and O–H groups in total. The zero-order valence-corrected chi connectivity index (χ0v) is 11.0. The van der Waals surface area contributed by atoms with E-state index in [1.165, 1.54) is 19.2 Å². The van der Waals surface area contributed by atoms with Crippen molar-refractivity contribution in [3.63, 3.8) is 0 Å². The highest BCUT2D eigenvalue weighted by Gasteiger charge is 2.04. The molecule has 2 aromatic rings. The van der Waals surface area contributed by atoms with E-state index in [-0.39, 0.29) is 10.8 Å². The molecule has 19 heavy (non-hydrogen) atoms. The Bertz CT molecular complexity index is 590. The molecule has 0 amide bonds. The van der Waals surface area contributed by atoms with E-state index < -0.39 is 5.82 Å². The van der Waals surface area contributed by atoms with Crippen LogP contribution in [0.5, 0.6) is 11.5 Å². The molecule has 0 aliphatic rings. The fourth-order valence-electron chi connectivity index (χ4n) is 1.66. The maximum absolute atomic E-state index is 13.2. The molecule has 0 aromatic heterocycles. The van der Waals surface area contributed by atoms with Crippen LogP contribution in [-0.2, 0) is 6.54 Å². The first-order valence-electron chi connectivity index (χ1n) is 5.65. The van der Waals surface area contributed by atoms with Crippen LogP contribution < -0.4 is 10.1 Å². The molecule has 100 valence electrons. The number of ether oxygens (including phenoxy) is 1. The van der Waals surface area contributed by atoms with Gasteiger partial charge in [0.2, 0.25) is 0 Å². The van der Waals surface area contributed by atoms with Gasteiger partial charge in [0.15, 0.2) is 11.5 Å². The van der Waals surface area contributed by atoms with E-state index in [9.17, 15) is 9.50 Å². The second-order valence-electron chi connectivity index (χ2n) is 3.99. The van der Waals surface area contributed by atoms with Gasteiger partial charge in [-0.3, -0.25) is 0 Å². The lowest BCUT2D eigenvalue weighted by Gasteiger charge is -2.09. The summed E-state index contributed by atoms with van der Waals surface area (Å²) in [6.07, 6.45) is 0. The molecular weight excluding hydrogens is 269 g/mol. The first-order chi connectivity index (χ1) is 9.10. The number of hydrogen-bond acceptors (Lipinski definition) is 3. The lowest BCUT2D eigenvalue weighted by atomic mass is 10.2. The number of phenols is 1. The van der Waals surface area contributed by atoms with Gasteiger partial charge in [0.25, 0.3) is 0 Å². The number of benzene rings is 2.